The second-order valence-electron chi connectivity index (χ2n) is 3.03. The van der Waals surface area contributed by atoms with Crippen LogP contribution >= 0.6 is 0 Å². The van der Waals surface area contributed by atoms with Crippen molar-refractivity contribution in [3.05, 3.63) is 12.2 Å². The highest BCUT2D eigenvalue weighted by molar-refractivity contribution is 6.44. The minimum absolute atomic E-state index is 0.168. The summed E-state index contributed by atoms with van der Waals surface area (Å²) in [5.74, 6) is -1.56. The van der Waals surface area contributed by atoms with Crippen LogP contribution in [0.3, 0.4) is 0 Å². The molecular weight excluding hydrogens is 172 g/mol. The van der Waals surface area contributed by atoms with E-state index in [2.05, 4.69) is 0 Å². The van der Waals surface area contributed by atoms with Crippen LogP contribution in [0.25, 0.3) is 0 Å². The Morgan fingerprint density at radius 1 is 1.23 bits per heavy atom. The van der Waals surface area contributed by atoms with Crippen LogP contribution in [0.1, 0.15) is 12.8 Å². The molecule has 1 aliphatic carbocycles. The van der Waals surface area contributed by atoms with Gasteiger partial charge in [0.1, 0.15) is 0 Å². The van der Waals surface area contributed by atoms with Crippen molar-refractivity contribution < 1.29 is 14.4 Å². The number of imide groups is 2. The van der Waals surface area contributed by atoms with E-state index >= 15 is 0 Å². The van der Waals surface area contributed by atoms with Gasteiger partial charge in [0.25, 0.3) is 0 Å². The first-order valence-corrected chi connectivity index (χ1v) is 4.03. The van der Waals surface area contributed by atoms with Crippen molar-refractivity contribution in [2.75, 3.05) is 0 Å². The molecule has 0 radical (unpaired) electrons. The van der Waals surface area contributed by atoms with Gasteiger partial charge in [-0.05, 0) is 12.8 Å². The summed E-state index contributed by atoms with van der Waals surface area (Å²) in [7, 11) is 0. The van der Waals surface area contributed by atoms with E-state index in [9.17, 15) is 14.4 Å². The summed E-state index contributed by atoms with van der Waals surface area (Å²) in [5, 5.41) is 1.96. The Balaban J connectivity index is 2.18. The normalized spacial score (nSPS) is 23.1. The predicted octanol–water partition coefficient (Wildman–Crippen LogP) is -0.217. The third-order valence-corrected chi connectivity index (χ3v) is 2.20. The van der Waals surface area contributed by atoms with Gasteiger partial charge in [-0.25, -0.2) is 4.79 Å². The number of amides is 4. The third kappa shape index (κ3) is 1.12. The minimum atomic E-state index is -0.822. The van der Waals surface area contributed by atoms with E-state index in [0.29, 0.717) is 12.8 Å². The van der Waals surface area contributed by atoms with Gasteiger partial charge in [0, 0.05) is 6.04 Å². The monoisotopic (exact) mass is 180 g/mol. The first kappa shape index (κ1) is 7.97. The Morgan fingerprint density at radius 2 is 1.85 bits per heavy atom. The van der Waals surface area contributed by atoms with Crippen molar-refractivity contribution in [3.63, 3.8) is 0 Å². The summed E-state index contributed by atoms with van der Waals surface area (Å²) >= 11 is 0. The fourth-order valence-corrected chi connectivity index (χ4v) is 1.56. The predicted molar refractivity (Wildman–Crippen MR) is 42.5 cm³/mol. The third-order valence-electron chi connectivity index (χ3n) is 2.20. The highest BCUT2D eigenvalue weighted by Gasteiger charge is 2.41. The maximum Gasteiger partial charge on any atom is 0.331 e. The second-order valence-corrected chi connectivity index (χ2v) is 3.03. The quantitative estimate of drug-likeness (QED) is 0.344. The Morgan fingerprint density at radius 3 is 2.31 bits per heavy atom. The van der Waals surface area contributed by atoms with E-state index in [1.165, 1.54) is 0 Å². The summed E-state index contributed by atoms with van der Waals surface area (Å²) < 4.78 is 0. The highest BCUT2D eigenvalue weighted by atomic mass is 16.2. The smallest absolute Gasteiger partial charge is 0.269 e. The molecule has 1 aliphatic heterocycles. The number of nitrogens with zero attached hydrogens (tertiary/aromatic N) is 1. The van der Waals surface area contributed by atoms with Gasteiger partial charge in [-0.1, -0.05) is 12.2 Å². The number of nitrogens with one attached hydrogen (secondary N) is 1. The van der Waals surface area contributed by atoms with Crippen molar-refractivity contribution in [1.82, 2.24) is 10.2 Å². The van der Waals surface area contributed by atoms with Crippen LogP contribution in [0, 0.1) is 0 Å². The van der Waals surface area contributed by atoms with Gasteiger partial charge in [-0.2, -0.15) is 0 Å². The molecular formula is C8H8N2O3. The summed E-state index contributed by atoms with van der Waals surface area (Å²) in [5.41, 5.74) is 0. The first-order chi connectivity index (χ1) is 6.20. The van der Waals surface area contributed by atoms with E-state index in [1.54, 1.807) is 0 Å². The van der Waals surface area contributed by atoms with Gasteiger partial charge in [0.2, 0.25) is 0 Å². The van der Waals surface area contributed by atoms with Crippen LogP contribution in [0.15, 0.2) is 12.2 Å². The Bertz CT molecular complexity index is 313. The average molecular weight is 180 g/mol. The van der Waals surface area contributed by atoms with Gasteiger partial charge in [0.15, 0.2) is 0 Å². The lowest BCUT2D eigenvalue weighted by molar-refractivity contribution is -0.141. The van der Waals surface area contributed by atoms with Gasteiger partial charge < -0.3 is 0 Å². The molecule has 13 heavy (non-hydrogen) atoms. The van der Waals surface area contributed by atoms with Crippen molar-refractivity contribution in [3.8, 4) is 0 Å². The van der Waals surface area contributed by atoms with Crippen molar-refractivity contribution in [2.24, 2.45) is 0 Å². The average Bonchev–Trinajstić information content (AvgIpc) is 2.63. The van der Waals surface area contributed by atoms with Gasteiger partial charge in [-0.15, -0.1) is 0 Å². The van der Waals surface area contributed by atoms with Gasteiger partial charge in [-0.3, -0.25) is 19.8 Å². The molecule has 1 saturated heterocycles. The summed E-state index contributed by atoms with van der Waals surface area (Å²) in [4.78, 5) is 34.1. The second kappa shape index (κ2) is 2.69. The molecule has 1 N–H and O–H groups in total. The molecule has 2 aliphatic rings. The molecule has 5 nitrogen and oxygen atoms in total. The van der Waals surface area contributed by atoms with Crippen LogP contribution in [0.2, 0.25) is 0 Å². The summed E-state index contributed by atoms with van der Waals surface area (Å²) in [6.07, 6.45) is 5.08. The van der Waals surface area contributed by atoms with Crippen molar-refractivity contribution in [1.29, 1.82) is 0 Å². The van der Waals surface area contributed by atoms with Crippen LogP contribution in [-0.2, 0) is 9.59 Å². The zero-order valence-electron chi connectivity index (χ0n) is 6.82. The van der Waals surface area contributed by atoms with Gasteiger partial charge in [0.05, 0.1) is 0 Å². The van der Waals surface area contributed by atoms with Gasteiger partial charge >= 0.3 is 17.8 Å². The minimum Gasteiger partial charge on any atom is -0.269 e. The molecule has 1 heterocycles. The SMILES string of the molecule is O=C1NC(=O)N(C2CC=CC2)C1=O. The number of carbonyl (C=O) groups excluding carboxylic acids is 3. The first-order valence-electron chi connectivity index (χ1n) is 4.03. The molecule has 4 amide bonds. The number of carbonyl (C=O) groups is 3. The lowest BCUT2D eigenvalue weighted by Gasteiger charge is -2.18. The maximum absolute atomic E-state index is 11.2. The van der Waals surface area contributed by atoms with Crippen molar-refractivity contribution >= 4 is 17.8 Å². The Labute approximate surface area is 74.4 Å². The molecule has 0 unspecified atom stereocenters. The summed E-state index contributed by atoms with van der Waals surface area (Å²) in [6.45, 7) is 0. The molecule has 68 valence electrons. The number of rotatable bonds is 1. The molecule has 2 rings (SSSR count). The molecule has 0 saturated carbocycles. The lowest BCUT2D eigenvalue weighted by Crippen LogP contribution is -2.39. The van der Waals surface area contributed by atoms with Crippen LogP contribution in [-0.4, -0.2) is 28.8 Å². The largest absolute Gasteiger partial charge is 0.331 e. The van der Waals surface area contributed by atoms with Crippen LogP contribution in [0.5, 0.6) is 0 Å². The molecule has 0 spiro atoms. The van der Waals surface area contributed by atoms with E-state index in [0.717, 1.165) is 4.90 Å². The van der Waals surface area contributed by atoms with Crippen LogP contribution < -0.4 is 5.32 Å². The molecule has 0 aromatic carbocycles. The highest BCUT2D eigenvalue weighted by Crippen LogP contribution is 2.19. The Hall–Kier alpha value is -1.65. The lowest BCUT2D eigenvalue weighted by atomic mass is 10.2. The molecule has 5 heteroatoms. The molecule has 0 atom stereocenters. The zero-order chi connectivity index (χ0) is 9.42. The number of hydrogen-bond donors (Lipinski definition) is 1. The topological polar surface area (TPSA) is 66.5 Å². The van der Waals surface area contributed by atoms with E-state index in [-0.39, 0.29) is 6.04 Å². The fourth-order valence-electron chi connectivity index (χ4n) is 1.56. The van der Waals surface area contributed by atoms with E-state index in [4.69, 9.17) is 0 Å². The van der Waals surface area contributed by atoms with E-state index < -0.39 is 17.8 Å². The Kier molecular flexibility index (Phi) is 1.65. The molecule has 0 aromatic heterocycles. The number of urea groups is 1. The molecule has 0 bridgehead atoms. The van der Waals surface area contributed by atoms with Crippen molar-refractivity contribution in [2.45, 2.75) is 18.9 Å². The standard InChI is InChI=1S/C8H8N2O3/c11-6-7(12)10(8(13)9-6)5-3-1-2-4-5/h1-2,5H,3-4H2,(H,9,11,13). The van der Waals surface area contributed by atoms with Crippen LogP contribution in [0.4, 0.5) is 4.79 Å². The molecule has 0 aromatic rings. The zero-order valence-corrected chi connectivity index (χ0v) is 6.82. The summed E-state index contributed by atoms with van der Waals surface area (Å²) in [6, 6.07) is -0.761. The number of hydrogen-bond acceptors (Lipinski definition) is 3. The fraction of sp³-hybridized carbons (Fsp3) is 0.375. The maximum atomic E-state index is 11.2. The molecule has 1 fully saturated rings. The van der Waals surface area contributed by atoms with E-state index in [1.807, 2.05) is 17.5 Å².